The first-order chi connectivity index (χ1) is 4.51. The van der Waals surface area contributed by atoms with E-state index in [2.05, 4.69) is 10.6 Å². The van der Waals surface area contributed by atoms with E-state index in [9.17, 15) is 13.2 Å². The number of hydrogen-bond acceptors (Lipinski definition) is 4. The largest absolute Gasteiger partial charge is 0.492 e. The van der Waals surface area contributed by atoms with Gasteiger partial charge in [0.1, 0.15) is 0 Å². The second-order valence-corrected chi connectivity index (χ2v) is 3.24. The van der Waals surface area contributed by atoms with Gasteiger partial charge in [0.2, 0.25) is 0 Å². The molecule has 0 radical (unpaired) electrons. The van der Waals surface area contributed by atoms with Crippen LogP contribution in [0.1, 0.15) is 0 Å². The molecule has 2 N–H and O–H groups in total. The Labute approximate surface area is 55.7 Å². The zero-order valence-corrected chi connectivity index (χ0v) is 5.37. The summed E-state index contributed by atoms with van der Waals surface area (Å²) in [6.07, 6.45) is 0. The molecule has 1 aliphatic rings. The lowest BCUT2D eigenvalue weighted by molar-refractivity contribution is -0.125. The zero-order valence-electron chi connectivity index (χ0n) is 4.55. The molecule has 0 saturated carbocycles. The Balaban J connectivity index is 3.30. The highest BCUT2D eigenvalue weighted by molar-refractivity contribution is 8.09. The number of nitrogens with zero attached hydrogens (tertiary/aromatic N) is 3. The summed E-state index contributed by atoms with van der Waals surface area (Å²) >= 11 is 0. The van der Waals surface area contributed by atoms with Crippen LogP contribution in [0.2, 0.25) is 0 Å². The van der Waals surface area contributed by atoms with Crippen LogP contribution in [-0.2, 0) is 14.8 Å². The summed E-state index contributed by atoms with van der Waals surface area (Å²) in [5, 5.41) is -0.921. The second-order valence-electron chi connectivity index (χ2n) is 1.51. The number of sulfonamides is 1. The van der Waals surface area contributed by atoms with Gasteiger partial charge in [-0.2, -0.15) is 8.42 Å². The molecule has 0 aliphatic carbocycles. The molecule has 10 heavy (non-hydrogen) atoms. The van der Waals surface area contributed by atoms with Gasteiger partial charge in [-0.15, -0.1) is 9.20 Å². The third-order valence-corrected chi connectivity index (χ3v) is 2.41. The predicted octanol–water partition coefficient (Wildman–Crippen LogP) is -2.34. The fraction of sp³-hybridized carbons (Fsp3) is 0. The van der Waals surface area contributed by atoms with Gasteiger partial charge < -0.3 is 5.53 Å². The second kappa shape index (κ2) is 1.63. The molecule has 1 amide bonds. The number of hydrogen-bond donors (Lipinski definition) is 1. The van der Waals surface area contributed by atoms with Gasteiger partial charge in [-0.05, 0) is 0 Å². The SMILES string of the molecule is [N-]=[N+]=C1C(=O)N(N)S1(=O)=O. The lowest BCUT2D eigenvalue weighted by Crippen LogP contribution is -2.61. The molecule has 8 heteroatoms. The number of rotatable bonds is 0. The van der Waals surface area contributed by atoms with Gasteiger partial charge in [0.25, 0.3) is 0 Å². The van der Waals surface area contributed by atoms with Gasteiger partial charge in [-0.1, -0.05) is 0 Å². The van der Waals surface area contributed by atoms with Crippen molar-refractivity contribution >= 4 is 21.0 Å². The van der Waals surface area contributed by atoms with Gasteiger partial charge in [0, 0.05) is 0 Å². The molecule has 1 heterocycles. The first kappa shape index (κ1) is 6.87. The smallest absolute Gasteiger partial charge is 0.360 e. The summed E-state index contributed by atoms with van der Waals surface area (Å²) in [5.41, 5.74) is 7.92. The molecule has 0 aromatic heterocycles. The third kappa shape index (κ3) is 0.520. The van der Waals surface area contributed by atoms with Crippen LogP contribution < -0.4 is 5.84 Å². The summed E-state index contributed by atoms with van der Waals surface area (Å²) in [4.78, 5) is 12.6. The van der Waals surface area contributed by atoms with E-state index in [1.165, 1.54) is 0 Å². The predicted molar refractivity (Wildman–Crippen MR) is 28.6 cm³/mol. The highest BCUT2D eigenvalue weighted by Gasteiger charge is 2.57. The van der Waals surface area contributed by atoms with E-state index in [1.807, 2.05) is 0 Å². The van der Waals surface area contributed by atoms with E-state index in [-0.39, 0.29) is 4.41 Å². The minimum atomic E-state index is -3.94. The van der Waals surface area contributed by atoms with Crippen LogP contribution in [0.25, 0.3) is 5.53 Å². The molecular formula is C2H2N4O3S. The van der Waals surface area contributed by atoms with E-state index in [0.717, 1.165) is 0 Å². The van der Waals surface area contributed by atoms with Crippen molar-refractivity contribution in [3.63, 3.8) is 0 Å². The average molecular weight is 162 g/mol. The molecule has 1 saturated heterocycles. The van der Waals surface area contributed by atoms with Crippen molar-refractivity contribution in [2.75, 3.05) is 0 Å². The van der Waals surface area contributed by atoms with Crippen molar-refractivity contribution in [2.24, 2.45) is 5.84 Å². The first-order valence-corrected chi connectivity index (χ1v) is 3.52. The van der Waals surface area contributed by atoms with Crippen LogP contribution in [0, 0.1) is 0 Å². The topological polar surface area (TPSA) is 117 Å². The summed E-state index contributed by atoms with van der Waals surface area (Å²) < 4.78 is 21.0. The van der Waals surface area contributed by atoms with Crippen molar-refractivity contribution in [1.82, 2.24) is 4.41 Å². The Hall–Kier alpha value is -1.24. The Morgan fingerprint density at radius 3 is 2.30 bits per heavy atom. The van der Waals surface area contributed by atoms with Gasteiger partial charge >= 0.3 is 21.0 Å². The molecule has 0 aromatic carbocycles. The van der Waals surface area contributed by atoms with Crippen LogP contribution in [0.3, 0.4) is 0 Å². The fourth-order valence-electron chi connectivity index (χ4n) is 0.462. The Kier molecular flexibility index (Phi) is 1.12. The molecule has 0 spiro atoms. The fourth-order valence-corrected chi connectivity index (χ4v) is 1.24. The van der Waals surface area contributed by atoms with Gasteiger partial charge in [-0.25, -0.2) is 5.84 Å². The lowest BCUT2D eigenvalue weighted by Gasteiger charge is -2.18. The van der Waals surface area contributed by atoms with Crippen molar-refractivity contribution < 1.29 is 18.0 Å². The van der Waals surface area contributed by atoms with E-state index < -0.39 is 21.0 Å². The van der Waals surface area contributed by atoms with E-state index in [4.69, 9.17) is 5.53 Å². The summed E-state index contributed by atoms with van der Waals surface area (Å²) in [7, 11) is -3.94. The highest BCUT2D eigenvalue weighted by atomic mass is 32.2. The quantitative estimate of drug-likeness (QED) is 0.186. The number of nitrogens with two attached hydrogens (primary N) is 1. The molecular weight excluding hydrogens is 160 g/mol. The Morgan fingerprint density at radius 2 is 2.10 bits per heavy atom. The number of carbonyl (C=O) groups is 1. The molecule has 7 nitrogen and oxygen atoms in total. The third-order valence-electron chi connectivity index (χ3n) is 0.977. The molecule has 0 atom stereocenters. The minimum Gasteiger partial charge on any atom is -0.360 e. The molecule has 1 rings (SSSR count). The molecule has 54 valence electrons. The number of hydrazine groups is 1. The molecule has 0 aromatic rings. The summed E-state index contributed by atoms with van der Waals surface area (Å²) in [6.45, 7) is 0. The molecule has 0 unspecified atom stereocenters. The van der Waals surface area contributed by atoms with Crippen molar-refractivity contribution in [1.29, 1.82) is 0 Å². The first-order valence-electron chi connectivity index (χ1n) is 2.08. The van der Waals surface area contributed by atoms with Crippen molar-refractivity contribution in [3.05, 3.63) is 5.53 Å². The molecule has 1 fully saturated rings. The van der Waals surface area contributed by atoms with Crippen LogP contribution in [-0.4, -0.2) is 28.6 Å². The van der Waals surface area contributed by atoms with E-state index in [0.29, 0.717) is 0 Å². The zero-order chi connectivity index (χ0) is 7.94. The van der Waals surface area contributed by atoms with E-state index >= 15 is 0 Å². The molecule has 1 aliphatic heterocycles. The maximum Gasteiger partial charge on any atom is 0.492 e. The van der Waals surface area contributed by atoms with Crippen LogP contribution >= 0.6 is 0 Å². The monoisotopic (exact) mass is 162 g/mol. The maximum absolute atomic E-state index is 10.5. The lowest BCUT2D eigenvalue weighted by atomic mass is 10.7. The average Bonchev–Trinajstić information content (AvgIpc) is 1.88. The van der Waals surface area contributed by atoms with E-state index in [1.54, 1.807) is 0 Å². The number of carbonyl (C=O) groups excluding carboxylic acids is 1. The highest BCUT2D eigenvalue weighted by Crippen LogP contribution is 2.10. The summed E-state index contributed by atoms with van der Waals surface area (Å²) in [5.74, 6) is 3.66. The molecule has 0 bridgehead atoms. The normalized spacial score (nSPS) is 21.9. The maximum atomic E-state index is 10.5. The van der Waals surface area contributed by atoms with Gasteiger partial charge in [-0.3, -0.25) is 4.79 Å². The van der Waals surface area contributed by atoms with Gasteiger partial charge in [0.05, 0.1) is 0 Å². The van der Waals surface area contributed by atoms with Crippen molar-refractivity contribution in [3.8, 4) is 0 Å². The standard InChI is InChI=1S/C2H2N4O3S/c3-5-1-2(7)6(4)10(1,8)9/h4H2. The van der Waals surface area contributed by atoms with Crippen LogP contribution in [0.15, 0.2) is 0 Å². The van der Waals surface area contributed by atoms with Crippen molar-refractivity contribution in [2.45, 2.75) is 0 Å². The number of amides is 1. The minimum absolute atomic E-state index is 0.00204. The van der Waals surface area contributed by atoms with Crippen LogP contribution in [0.4, 0.5) is 0 Å². The summed E-state index contributed by atoms with van der Waals surface area (Å²) in [6, 6.07) is 0. The Bertz CT molecular complexity index is 336. The Morgan fingerprint density at radius 1 is 1.60 bits per heavy atom. The van der Waals surface area contributed by atoms with Crippen LogP contribution in [0.5, 0.6) is 0 Å². The van der Waals surface area contributed by atoms with Gasteiger partial charge in [0.15, 0.2) is 0 Å².